The van der Waals surface area contributed by atoms with Crippen LogP contribution in [0.5, 0.6) is 0 Å². The van der Waals surface area contributed by atoms with Gasteiger partial charge >= 0.3 is 0 Å². The lowest BCUT2D eigenvalue weighted by atomic mass is 9.95. The van der Waals surface area contributed by atoms with Crippen molar-refractivity contribution in [2.24, 2.45) is 0 Å². The molecule has 0 fully saturated rings. The highest BCUT2D eigenvalue weighted by molar-refractivity contribution is 6.30. The van der Waals surface area contributed by atoms with E-state index in [0.717, 1.165) is 23.2 Å². The Morgan fingerprint density at radius 3 is 2.29 bits per heavy atom. The van der Waals surface area contributed by atoms with E-state index < -0.39 is 6.10 Å². The molecule has 0 aliphatic heterocycles. The molecule has 0 radical (unpaired) electrons. The SMILES string of the molecule is CN(C)C/C=C(\c1ccc(Cl)cc1)C(O)c1ccccc1. The molecule has 0 saturated carbocycles. The van der Waals surface area contributed by atoms with Crippen LogP contribution in [0.15, 0.2) is 60.7 Å². The normalized spacial score (nSPS) is 13.5. The lowest BCUT2D eigenvalue weighted by Crippen LogP contribution is -2.12. The van der Waals surface area contributed by atoms with Gasteiger partial charge in [-0.05, 0) is 42.9 Å². The number of aliphatic hydroxyl groups is 1. The van der Waals surface area contributed by atoms with E-state index in [1.54, 1.807) is 0 Å². The summed E-state index contributed by atoms with van der Waals surface area (Å²) in [6.07, 6.45) is 1.41. The molecule has 2 aromatic rings. The molecule has 3 heteroatoms. The summed E-state index contributed by atoms with van der Waals surface area (Å²) in [6, 6.07) is 17.3. The highest BCUT2D eigenvalue weighted by Gasteiger charge is 2.15. The van der Waals surface area contributed by atoms with Gasteiger partial charge in [-0.15, -0.1) is 0 Å². The van der Waals surface area contributed by atoms with Crippen molar-refractivity contribution in [3.8, 4) is 0 Å². The molecule has 0 spiro atoms. The van der Waals surface area contributed by atoms with Crippen molar-refractivity contribution in [3.63, 3.8) is 0 Å². The molecule has 0 aliphatic rings. The van der Waals surface area contributed by atoms with Crippen LogP contribution < -0.4 is 0 Å². The third-order valence-corrected chi connectivity index (χ3v) is 3.52. The maximum atomic E-state index is 10.7. The van der Waals surface area contributed by atoms with E-state index in [4.69, 9.17) is 11.6 Å². The molecule has 0 bridgehead atoms. The van der Waals surface area contributed by atoms with E-state index in [-0.39, 0.29) is 0 Å². The number of aliphatic hydroxyl groups excluding tert-OH is 1. The topological polar surface area (TPSA) is 23.5 Å². The first kappa shape index (κ1) is 15.8. The molecule has 0 amide bonds. The Morgan fingerprint density at radius 2 is 1.71 bits per heavy atom. The van der Waals surface area contributed by atoms with Crippen LogP contribution in [-0.4, -0.2) is 30.6 Å². The Bertz CT molecular complexity index is 590. The fourth-order valence-electron chi connectivity index (χ4n) is 2.13. The Balaban J connectivity index is 2.36. The van der Waals surface area contributed by atoms with Crippen LogP contribution in [0.25, 0.3) is 5.57 Å². The summed E-state index contributed by atoms with van der Waals surface area (Å²) < 4.78 is 0. The molecule has 0 aliphatic carbocycles. The van der Waals surface area contributed by atoms with E-state index in [1.807, 2.05) is 68.7 Å². The van der Waals surface area contributed by atoms with Gasteiger partial charge in [-0.2, -0.15) is 0 Å². The van der Waals surface area contributed by atoms with Crippen molar-refractivity contribution < 1.29 is 5.11 Å². The summed E-state index contributed by atoms with van der Waals surface area (Å²) >= 11 is 5.95. The lowest BCUT2D eigenvalue weighted by Gasteiger charge is -2.17. The van der Waals surface area contributed by atoms with Crippen LogP contribution in [0.2, 0.25) is 5.02 Å². The zero-order valence-corrected chi connectivity index (χ0v) is 13.1. The molecule has 1 unspecified atom stereocenters. The fraction of sp³-hybridized carbons (Fsp3) is 0.222. The molecule has 2 nitrogen and oxygen atoms in total. The minimum atomic E-state index is -0.646. The molecule has 1 N–H and O–H groups in total. The molecule has 0 heterocycles. The second-order valence-corrected chi connectivity index (χ2v) is 5.68. The Hall–Kier alpha value is -1.61. The second kappa shape index (κ2) is 7.41. The molecule has 2 rings (SSSR count). The van der Waals surface area contributed by atoms with Crippen molar-refractivity contribution >= 4 is 17.2 Å². The Morgan fingerprint density at radius 1 is 1.10 bits per heavy atom. The molecule has 2 aromatic carbocycles. The van der Waals surface area contributed by atoms with Gasteiger partial charge in [-0.3, -0.25) is 0 Å². The molecular weight excluding hydrogens is 282 g/mol. The van der Waals surface area contributed by atoms with Crippen LogP contribution in [0.3, 0.4) is 0 Å². The average Bonchev–Trinajstić information content (AvgIpc) is 2.49. The van der Waals surface area contributed by atoms with Crippen LogP contribution in [-0.2, 0) is 0 Å². The van der Waals surface area contributed by atoms with E-state index >= 15 is 0 Å². The van der Waals surface area contributed by atoms with Crippen molar-refractivity contribution in [3.05, 3.63) is 76.8 Å². The van der Waals surface area contributed by atoms with Crippen molar-refractivity contribution in [1.29, 1.82) is 0 Å². The number of nitrogens with zero attached hydrogens (tertiary/aromatic N) is 1. The summed E-state index contributed by atoms with van der Waals surface area (Å²) in [7, 11) is 4.01. The number of halogens is 1. The maximum Gasteiger partial charge on any atom is 0.104 e. The van der Waals surface area contributed by atoms with E-state index in [1.165, 1.54) is 0 Å². The molecule has 0 aromatic heterocycles. The largest absolute Gasteiger partial charge is 0.384 e. The highest BCUT2D eigenvalue weighted by Crippen LogP contribution is 2.30. The zero-order chi connectivity index (χ0) is 15.2. The summed E-state index contributed by atoms with van der Waals surface area (Å²) in [4.78, 5) is 2.06. The van der Waals surface area contributed by atoms with E-state index in [2.05, 4.69) is 11.0 Å². The van der Waals surface area contributed by atoms with Crippen LogP contribution >= 0.6 is 11.6 Å². The molecular formula is C18H20ClNO. The molecule has 0 saturated heterocycles. The number of hydrogen-bond donors (Lipinski definition) is 1. The third kappa shape index (κ3) is 4.43. The van der Waals surface area contributed by atoms with E-state index in [9.17, 15) is 5.11 Å². The predicted octanol–water partition coefficient (Wildman–Crippen LogP) is 4.02. The predicted molar refractivity (Wildman–Crippen MR) is 89.4 cm³/mol. The van der Waals surface area contributed by atoms with Gasteiger partial charge in [0.2, 0.25) is 0 Å². The van der Waals surface area contributed by atoms with Crippen molar-refractivity contribution in [2.75, 3.05) is 20.6 Å². The second-order valence-electron chi connectivity index (χ2n) is 5.24. The van der Waals surface area contributed by atoms with Gasteiger partial charge in [-0.1, -0.05) is 60.1 Å². The van der Waals surface area contributed by atoms with Crippen molar-refractivity contribution in [1.82, 2.24) is 4.90 Å². The van der Waals surface area contributed by atoms with E-state index in [0.29, 0.717) is 5.02 Å². The monoisotopic (exact) mass is 301 g/mol. The number of hydrogen-bond acceptors (Lipinski definition) is 2. The minimum absolute atomic E-state index is 0.646. The van der Waals surface area contributed by atoms with Gasteiger partial charge in [0.1, 0.15) is 6.10 Å². The standard InChI is InChI=1S/C18H20ClNO/c1-20(2)13-12-17(14-8-10-16(19)11-9-14)18(21)15-6-4-3-5-7-15/h3-12,18,21H,13H2,1-2H3/b17-12+. The quantitative estimate of drug-likeness (QED) is 0.901. The number of benzene rings is 2. The average molecular weight is 302 g/mol. The van der Waals surface area contributed by atoms with Gasteiger partial charge in [0, 0.05) is 11.6 Å². The van der Waals surface area contributed by atoms with Gasteiger partial charge in [0.05, 0.1) is 0 Å². The lowest BCUT2D eigenvalue weighted by molar-refractivity contribution is 0.237. The number of rotatable bonds is 5. The smallest absolute Gasteiger partial charge is 0.104 e. The van der Waals surface area contributed by atoms with Crippen molar-refractivity contribution in [2.45, 2.75) is 6.10 Å². The minimum Gasteiger partial charge on any atom is -0.384 e. The third-order valence-electron chi connectivity index (χ3n) is 3.26. The summed E-state index contributed by atoms with van der Waals surface area (Å²) in [6.45, 7) is 0.766. The Kier molecular flexibility index (Phi) is 5.57. The maximum absolute atomic E-state index is 10.7. The first-order valence-corrected chi connectivity index (χ1v) is 7.29. The number of likely N-dealkylation sites (N-methyl/N-ethyl adjacent to an activating group) is 1. The first-order chi connectivity index (χ1) is 10.1. The summed E-state index contributed by atoms with van der Waals surface area (Å²) in [5.41, 5.74) is 2.77. The van der Waals surface area contributed by atoms with Gasteiger partial charge < -0.3 is 10.0 Å². The highest BCUT2D eigenvalue weighted by atomic mass is 35.5. The molecule has 21 heavy (non-hydrogen) atoms. The van der Waals surface area contributed by atoms with Gasteiger partial charge in [0.25, 0.3) is 0 Å². The fourth-order valence-corrected chi connectivity index (χ4v) is 2.25. The van der Waals surface area contributed by atoms with Crippen LogP contribution in [0.1, 0.15) is 17.2 Å². The van der Waals surface area contributed by atoms with Crippen LogP contribution in [0.4, 0.5) is 0 Å². The Labute approximate surface area is 131 Å². The molecule has 110 valence electrons. The van der Waals surface area contributed by atoms with Crippen LogP contribution in [0, 0.1) is 0 Å². The van der Waals surface area contributed by atoms with Gasteiger partial charge in [0.15, 0.2) is 0 Å². The zero-order valence-electron chi connectivity index (χ0n) is 12.3. The first-order valence-electron chi connectivity index (χ1n) is 6.91. The summed E-state index contributed by atoms with van der Waals surface area (Å²) in [5.74, 6) is 0. The summed E-state index contributed by atoms with van der Waals surface area (Å²) in [5, 5.41) is 11.4. The molecule has 1 atom stereocenters. The van der Waals surface area contributed by atoms with Gasteiger partial charge in [-0.25, -0.2) is 0 Å².